The van der Waals surface area contributed by atoms with Gasteiger partial charge in [-0.2, -0.15) is 0 Å². The second kappa shape index (κ2) is 8.30. The Morgan fingerprint density at radius 2 is 2.07 bits per heavy atom. The summed E-state index contributed by atoms with van der Waals surface area (Å²) in [6, 6.07) is -1.11. The van der Waals surface area contributed by atoms with Gasteiger partial charge in [0.1, 0.15) is 12.1 Å². The molecule has 9 nitrogen and oxygen atoms in total. The van der Waals surface area contributed by atoms with Crippen molar-refractivity contribution in [1.29, 1.82) is 0 Å². The van der Waals surface area contributed by atoms with Crippen LogP contribution in [0.15, 0.2) is 12.7 Å². The number of nitrogens with two attached hydrogens (primary N) is 1. The number of aliphatic carboxylic acids is 1. The Balaban J connectivity index is 1.91. The van der Waals surface area contributed by atoms with Gasteiger partial charge in [0.15, 0.2) is 0 Å². The number of carboxylic acids is 1. The van der Waals surface area contributed by atoms with Gasteiger partial charge < -0.3 is 15.6 Å². The Morgan fingerprint density at radius 3 is 2.64 bits per heavy atom. The standard InChI is InChI=1S/C19H28N2O7/c1-5-6-11-8-13(11)27-18(26)28-21-14(22)9-12(16(21)23)7-10(2)19(3,4)15(20)17(24)25/h5,10-13,15H,1,6-9,20H2,2-4H3,(H,24,25)/t10-,11?,12?,13+,15+/m0/s1. The lowest BCUT2D eigenvalue weighted by Crippen LogP contribution is -2.48. The van der Waals surface area contributed by atoms with Crippen LogP contribution in [0.25, 0.3) is 0 Å². The van der Waals surface area contributed by atoms with Gasteiger partial charge in [-0.1, -0.05) is 31.9 Å². The Hall–Kier alpha value is -2.42. The monoisotopic (exact) mass is 396 g/mol. The Morgan fingerprint density at radius 1 is 1.43 bits per heavy atom. The number of hydrogen-bond acceptors (Lipinski definition) is 7. The van der Waals surface area contributed by atoms with E-state index in [-0.39, 0.29) is 30.8 Å². The number of ether oxygens (including phenoxy) is 1. The van der Waals surface area contributed by atoms with Crippen LogP contribution in [-0.4, -0.2) is 46.3 Å². The first-order chi connectivity index (χ1) is 13.0. The van der Waals surface area contributed by atoms with Crippen LogP contribution in [0.4, 0.5) is 4.79 Å². The van der Waals surface area contributed by atoms with Crippen molar-refractivity contribution in [1.82, 2.24) is 5.06 Å². The highest BCUT2D eigenvalue weighted by molar-refractivity contribution is 6.03. The zero-order chi connectivity index (χ0) is 21.2. The molecular formula is C19H28N2O7. The van der Waals surface area contributed by atoms with E-state index < -0.39 is 41.3 Å². The number of rotatable bonds is 9. The second-order valence-corrected chi connectivity index (χ2v) is 8.22. The molecule has 1 aliphatic heterocycles. The van der Waals surface area contributed by atoms with Crippen molar-refractivity contribution in [3.8, 4) is 0 Å². The molecule has 1 saturated carbocycles. The first kappa shape index (κ1) is 21.9. The van der Waals surface area contributed by atoms with Gasteiger partial charge in [-0.15, -0.1) is 6.58 Å². The molecule has 28 heavy (non-hydrogen) atoms. The third-order valence-corrected chi connectivity index (χ3v) is 5.91. The van der Waals surface area contributed by atoms with Crippen LogP contribution in [0.1, 0.15) is 46.5 Å². The van der Waals surface area contributed by atoms with Crippen LogP contribution in [0, 0.1) is 23.2 Å². The smallest absolute Gasteiger partial charge is 0.480 e. The number of carboxylic acid groups (broad SMARTS) is 1. The lowest BCUT2D eigenvalue weighted by atomic mass is 9.70. The number of hydroxylamine groups is 2. The van der Waals surface area contributed by atoms with Crippen molar-refractivity contribution in [2.45, 2.75) is 58.6 Å². The molecule has 2 amide bonds. The zero-order valence-electron chi connectivity index (χ0n) is 16.4. The Kier molecular flexibility index (Phi) is 6.48. The highest BCUT2D eigenvalue weighted by Gasteiger charge is 2.47. The first-order valence-electron chi connectivity index (χ1n) is 9.33. The molecule has 2 unspecified atom stereocenters. The molecule has 0 bridgehead atoms. The van der Waals surface area contributed by atoms with Crippen LogP contribution in [-0.2, 0) is 24.0 Å². The van der Waals surface area contributed by atoms with Gasteiger partial charge in [-0.25, -0.2) is 4.79 Å². The molecule has 0 radical (unpaired) electrons. The van der Waals surface area contributed by atoms with Crippen LogP contribution in [0.5, 0.6) is 0 Å². The summed E-state index contributed by atoms with van der Waals surface area (Å²) in [6.45, 7) is 8.81. The van der Waals surface area contributed by atoms with Gasteiger partial charge in [0.25, 0.3) is 11.8 Å². The van der Waals surface area contributed by atoms with Gasteiger partial charge in [0.2, 0.25) is 0 Å². The highest BCUT2D eigenvalue weighted by atomic mass is 16.8. The predicted octanol–water partition coefficient (Wildman–Crippen LogP) is 1.86. The van der Waals surface area contributed by atoms with Crippen LogP contribution < -0.4 is 5.73 Å². The number of hydrogen-bond donors (Lipinski definition) is 2. The zero-order valence-corrected chi connectivity index (χ0v) is 16.4. The van der Waals surface area contributed by atoms with Crippen LogP contribution >= 0.6 is 0 Å². The lowest BCUT2D eigenvalue weighted by Gasteiger charge is -2.36. The van der Waals surface area contributed by atoms with E-state index in [2.05, 4.69) is 6.58 Å². The second-order valence-electron chi connectivity index (χ2n) is 8.22. The van der Waals surface area contributed by atoms with E-state index in [1.54, 1.807) is 26.8 Å². The van der Waals surface area contributed by atoms with Crippen LogP contribution in [0.3, 0.4) is 0 Å². The van der Waals surface area contributed by atoms with Crippen molar-refractivity contribution in [2.75, 3.05) is 0 Å². The molecule has 0 aromatic rings. The summed E-state index contributed by atoms with van der Waals surface area (Å²) >= 11 is 0. The van der Waals surface area contributed by atoms with Gasteiger partial charge in [-0.05, 0) is 30.6 Å². The minimum absolute atomic E-state index is 0.114. The lowest BCUT2D eigenvalue weighted by molar-refractivity contribution is -0.178. The minimum Gasteiger partial charge on any atom is -0.480 e. The van der Waals surface area contributed by atoms with Crippen molar-refractivity contribution < 1.29 is 33.9 Å². The summed E-state index contributed by atoms with van der Waals surface area (Å²) in [4.78, 5) is 52.5. The minimum atomic E-state index is -1.13. The molecule has 2 aliphatic rings. The maximum atomic E-state index is 12.5. The van der Waals surface area contributed by atoms with Crippen molar-refractivity contribution in [3.63, 3.8) is 0 Å². The van der Waals surface area contributed by atoms with Gasteiger partial charge in [-0.3, -0.25) is 19.2 Å². The van der Waals surface area contributed by atoms with E-state index in [0.717, 1.165) is 0 Å². The maximum absolute atomic E-state index is 12.5. The fraction of sp³-hybridized carbons (Fsp3) is 0.684. The third-order valence-electron chi connectivity index (χ3n) is 5.91. The summed E-state index contributed by atoms with van der Waals surface area (Å²) in [7, 11) is 0. The van der Waals surface area contributed by atoms with Crippen molar-refractivity contribution >= 4 is 23.9 Å². The van der Waals surface area contributed by atoms with E-state index in [1.165, 1.54) is 0 Å². The van der Waals surface area contributed by atoms with E-state index in [9.17, 15) is 19.2 Å². The number of imide groups is 1. The molecule has 0 spiro atoms. The summed E-state index contributed by atoms with van der Waals surface area (Å²) in [5.41, 5.74) is 4.96. The number of allylic oxidation sites excluding steroid dienone is 1. The number of amides is 2. The average molecular weight is 396 g/mol. The molecule has 156 valence electrons. The fourth-order valence-electron chi connectivity index (χ4n) is 3.35. The van der Waals surface area contributed by atoms with Crippen molar-refractivity contribution in [3.05, 3.63) is 12.7 Å². The van der Waals surface area contributed by atoms with Gasteiger partial charge in [0, 0.05) is 12.3 Å². The summed E-state index contributed by atoms with van der Waals surface area (Å²) in [5, 5.41) is 9.61. The molecule has 1 aliphatic carbocycles. The molecule has 1 saturated heterocycles. The molecule has 3 N–H and O–H groups in total. The summed E-state index contributed by atoms with van der Waals surface area (Å²) < 4.78 is 5.08. The first-order valence-corrected chi connectivity index (χ1v) is 9.33. The molecule has 0 aromatic heterocycles. The quantitative estimate of drug-likeness (QED) is 0.342. The topological polar surface area (TPSA) is 136 Å². The number of carbonyl (C=O) groups excluding carboxylic acids is 3. The third kappa shape index (κ3) is 4.70. The van der Waals surface area contributed by atoms with Crippen LogP contribution in [0.2, 0.25) is 0 Å². The SMILES string of the molecule is C=CCC1C[C@H]1OC(=O)ON1C(=O)CC(C[C@H](C)C(C)(C)[C@H](N)C(=O)O)C1=O. The van der Waals surface area contributed by atoms with E-state index in [1.807, 2.05) is 0 Å². The molecule has 0 aromatic carbocycles. The molecule has 5 atom stereocenters. The fourth-order valence-corrected chi connectivity index (χ4v) is 3.35. The largest absolute Gasteiger partial charge is 0.534 e. The molecule has 9 heteroatoms. The molecular weight excluding hydrogens is 368 g/mol. The summed E-state index contributed by atoms with van der Waals surface area (Å²) in [5.74, 6) is -3.16. The molecule has 2 fully saturated rings. The van der Waals surface area contributed by atoms with E-state index in [4.69, 9.17) is 20.4 Å². The van der Waals surface area contributed by atoms with E-state index in [0.29, 0.717) is 17.9 Å². The number of carbonyl (C=O) groups is 4. The Labute approximate surface area is 163 Å². The van der Waals surface area contributed by atoms with Gasteiger partial charge in [0.05, 0.1) is 5.92 Å². The van der Waals surface area contributed by atoms with Crippen molar-refractivity contribution in [2.24, 2.45) is 28.9 Å². The molecule has 1 heterocycles. The predicted molar refractivity (Wildman–Crippen MR) is 97.4 cm³/mol. The molecule has 2 rings (SSSR count). The summed E-state index contributed by atoms with van der Waals surface area (Å²) in [6.07, 6.45) is 1.91. The average Bonchev–Trinajstić information content (AvgIpc) is 3.28. The maximum Gasteiger partial charge on any atom is 0.534 e. The van der Waals surface area contributed by atoms with E-state index >= 15 is 0 Å². The van der Waals surface area contributed by atoms with Gasteiger partial charge >= 0.3 is 12.1 Å². The normalized spacial score (nSPS) is 26.6. The highest BCUT2D eigenvalue weighted by Crippen LogP contribution is 2.39. The Bertz CT molecular complexity index is 675. The number of nitrogens with zero attached hydrogens (tertiary/aromatic N) is 1.